The molecule has 0 bridgehead atoms. The molecule has 3 rings (SSSR count). The minimum absolute atomic E-state index is 0.129. The summed E-state index contributed by atoms with van der Waals surface area (Å²) in [5.41, 5.74) is 0.883. The average Bonchev–Trinajstić information content (AvgIpc) is 2.82. The highest BCUT2D eigenvalue weighted by atomic mass is 32.2. The lowest BCUT2D eigenvalue weighted by Gasteiger charge is -2.09. The monoisotopic (exact) mass is 467 g/mol. The molecular weight excluding hydrogens is 446 g/mol. The summed E-state index contributed by atoms with van der Waals surface area (Å²) in [5, 5.41) is 11.6. The number of nitrogens with zero attached hydrogens (tertiary/aromatic N) is 1. The molecule has 2 aromatic carbocycles. The maximum absolute atomic E-state index is 12.6. The molecule has 0 fully saturated rings. The van der Waals surface area contributed by atoms with E-state index in [4.69, 9.17) is 5.11 Å². The topological polar surface area (TPSA) is 143 Å². The summed E-state index contributed by atoms with van der Waals surface area (Å²) in [6, 6.07) is 17.4. The Morgan fingerprint density at radius 2 is 1.64 bits per heavy atom. The second-order valence-electron chi connectivity index (χ2n) is 7.04. The molecule has 1 heterocycles. The molecule has 0 atom stereocenters. The maximum atomic E-state index is 12.6. The van der Waals surface area contributed by atoms with E-state index in [1.54, 1.807) is 0 Å². The van der Waals surface area contributed by atoms with Crippen molar-refractivity contribution in [3.63, 3.8) is 0 Å². The van der Waals surface area contributed by atoms with Gasteiger partial charge in [-0.2, -0.15) is 0 Å². The van der Waals surface area contributed by atoms with Crippen LogP contribution in [0.15, 0.2) is 77.8 Å². The minimum Gasteiger partial charge on any atom is -0.477 e. The zero-order valence-electron chi connectivity index (χ0n) is 17.4. The third-order valence-corrected chi connectivity index (χ3v) is 5.98. The van der Waals surface area contributed by atoms with Crippen LogP contribution in [0.5, 0.6) is 0 Å². The normalized spacial score (nSPS) is 10.9. The van der Waals surface area contributed by atoms with E-state index >= 15 is 0 Å². The SMILES string of the molecule is O=C(NCCCc1ccccc1)c1cccc(S(=O)(=O)NC(=O)c2ccc(C(=O)O)nc2)c1. The van der Waals surface area contributed by atoms with Crippen LogP contribution in [0.25, 0.3) is 0 Å². The van der Waals surface area contributed by atoms with Gasteiger partial charge in [0.25, 0.3) is 21.8 Å². The van der Waals surface area contributed by atoms with Crippen molar-refractivity contribution in [3.05, 3.63) is 95.3 Å². The number of carboxylic acids is 1. The molecule has 0 radical (unpaired) electrons. The van der Waals surface area contributed by atoms with E-state index in [0.29, 0.717) is 6.54 Å². The Labute approximate surface area is 190 Å². The zero-order chi connectivity index (χ0) is 23.8. The number of aromatic nitrogens is 1. The van der Waals surface area contributed by atoms with Crippen molar-refractivity contribution in [1.29, 1.82) is 0 Å². The minimum atomic E-state index is -4.27. The fraction of sp³-hybridized carbons (Fsp3) is 0.130. The number of benzene rings is 2. The smallest absolute Gasteiger partial charge is 0.354 e. The van der Waals surface area contributed by atoms with Gasteiger partial charge in [-0.25, -0.2) is 22.9 Å². The van der Waals surface area contributed by atoms with Crippen molar-refractivity contribution >= 4 is 27.8 Å². The number of carbonyl (C=O) groups excluding carboxylic acids is 2. The largest absolute Gasteiger partial charge is 0.477 e. The molecule has 3 N–H and O–H groups in total. The lowest BCUT2D eigenvalue weighted by Crippen LogP contribution is -2.31. The van der Waals surface area contributed by atoms with Gasteiger partial charge in [-0.3, -0.25) is 9.59 Å². The van der Waals surface area contributed by atoms with Crippen LogP contribution in [-0.2, 0) is 16.4 Å². The van der Waals surface area contributed by atoms with Crippen molar-refractivity contribution in [2.24, 2.45) is 0 Å². The average molecular weight is 468 g/mol. The van der Waals surface area contributed by atoms with Gasteiger partial charge in [0.05, 0.1) is 10.5 Å². The second kappa shape index (κ2) is 10.5. The number of sulfonamides is 1. The van der Waals surface area contributed by atoms with E-state index < -0.39 is 27.8 Å². The van der Waals surface area contributed by atoms with Crippen molar-refractivity contribution < 1.29 is 27.9 Å². The van der Waals surface area contributed by atoms with Crippen LogP contribution in [0.3, 0.4) is 0 Å². The molecule has 0 aliphatic rings. The van der Waals surface area contributed by atoms with Crippen LogP contribution < -0.4 is 10.0 Å². The molecule has 10 heteroatoms. The first-order valence-corrected chi connectivity index (χ1v) is 11.4. The van der Waals surface area contributed by atoms with Crippen molar-refractivity contribution in [3.8, 4) is 0 Å². The fourth-order valence-electron chi connectivity index (χ4n) is 2.94. The quantitative estimate of drug-likeness (QED) is 0.410. The number of aryl methyl sites for hydroxylation is 1. The van der Waals surface area contributed by atoms with Gasteiger partial charge in [0.2, 0.25) is 0 Å². The first kappa shape index (κ1) is 23.6. The molecule has 1 aromatic heterocycles. The summed E-state index contributed by atoms with van der Waals surface area (Å²) in [5.74, 6) is -2.68. The van der Waals surface area contributed by atoms with E-state index in [9.17, 15) is 22.8 Å². The maximum Gasteiger partial charge on any atom is 0.354 e. The Morgan fingerprint density at radius 3 is 2.30 bits per heavy atom. The molecular formula is C23H21N3O6S. The highest BCUT2D eigenvalue weighted by molar-refractivity contribution is 7.90. The molecule has 0 unspecified atom stereocenters. The zero-order valence-corrected chi connectivity index (χ0v) is 18.2. The van der Waals surface area contributed by atoms with E-state index in [1.807, 2.05) is 35.1 Å². The van der Waals surface area contributed by atoms with Crippen LogP contribution in [0.1, 0.15) is 43.2 Å². The standard InChI is InChI=1S/C23H21N3O6S/c27-21(24-13-5-8-16-6-2-1-3-7-16)17-9-4-10-19(14-17)33(31,32)26-22(28)18-11-12-20(23(29)30)25-15-18/h1-4,6-7,9-12,14-15H,5,8,13H2,(H,24,27)(H,26,28)(H,29,30). The number of hydrogen-bond acceptors (Lipinski definition) is 6. The molecule has 0 saturated carbocycles. The third-order valence-electron chi connectivity index (χ3n) is 4.65. The summed E-state index contributed by atoms with van der Waals surface area (Å²) in [4.78, 5) is 38.8. The number of nitrogens with one attached hydrogen (secondary N) is 2. The van der Waals surface area contributed by atoms with Crippen molar-refractivity contribution in [1.82, 2.24) is 15.0 Å². The molecule has 3 aromatic rings. The van der Waals surface area contributed by atoms with Gasteiger partial charge in [-0.1, -0.05) is 36.4 Å². The Kier molecular flexibility index (Phi) is 7.52. The summed E-state index contributed by atoms with van der Waals surface area (Å²) in [7, 11) is -4.27. The Balaban J connectivity index is 1.61. The van der Waals surface area contributed by atoms with E-state index in [-0.39, 0.29) is 21.7 Å². The Morgan fingerprint density at radius 1 is 0.879 bits per heavy atom. The highest BCUT2D eigenvalue weighted by Crippen LogP contribution is 2.13. The molecule has 0 saturated heterocycles. The summed E-state index contributed by atoms with van der Waals surface area (Å²) < 4.78 is 27.1. The van der Waals surface area contributed by atoms with Crippen molar-refractivity contribution in [2.45, 2.75) is 17.7 Å². The van der Waals surface area contributed by atoms with Gasteiger partial charge in [0.1, 0.15) is 5.69 Å². The van der Waals surface area contributed by atoms with Crippen LogP contribution in [0.4, 0.5) is 0 Å². The number of rotatable bonds is 9. The first-order chi connectivity index (χ1) is 15.8. The molecule has 33 heavy (non-hydrogen) atoms. The number of carboxylic acid groups (broad SMARTS) is 1. The van der Waals surface area contributed by atoms with Gasteiger partial charge in [-0.15, -0.1) is 0 Å². The molecule has 0 aliphatic carbocycles. The number of aromatic carboxylic acids is 1. The van der Waals surface area contributed by atoms with E-state index in [0.717, 1.165) is 36.7 Å². The molecule has 170 valence electrons. The molecule has 0 aliphatic heterocycles. The number of pyridine rings is 1. The summed E-state index contributed by atoms with van der Waals surface area (Å²) >= 11 is 0. The van der Waals surface area contributed by atoms with E-state index in [2.05, 4.69) is 10.3 Å². The Bertz CT molecular complexity index is 1260. The van der Waals surface area contributed by atoms with Gasteiger partial charge >= 0.3 is 5.97 Å². The second-order valence-corrected chi connectivity index (χ2v) is 8.73. The van der Waals surface area contributed by atoms with Crippen LogP contribution in [-0.4, -0.2) is 42.8 Å². The molecule has 0 spiro atoms. The number of hydrogen-bond donors (Lipinski definition) is 3. The predicted molar refractivity (Wildman–Crippen MR) is 119 cm³/mol. The summed E-state index contributed by atoms with van der Waals surface area (Å²) in [6.07, 6.45) is 2.48. The Hall–Kier alpha value is -4.05. The van der Waals surface area contributed by atoms with Crippen LogP contribution >= 0.6 is 0 Å². The van der Waals surface area contributed by atoms with Crippen molar-refractivity contribution in [2.75, 3.05) is 6.54 Å². The third kappa shape index (κ3) is 6.47. The fourth-order valence-corrected chi connectivity index (χ4v) is 3.96. The van der Waals surface area contributed by atoms with E-state index in [1.165, 1.54) is 24.3 Å². The van der Waals surface area contributed by atoms with Gasteiger partial charge in [0, 0.05) is 18.3 Å². The molecule has 2 amide bonds. The number of amides is 2. The lowest BCUT2D eigenvalue weighted by molar-refractivity contribution is 0.0689. The lowest BCUT2D eigenvalue weighted by atomic mass is 10.1. The van der Waals surface area contributed by atoms with Crippen LogP contribution in [0.2, 0.25) is 0 Å². The predicted octanol–water partition coefficient (Wildman–Crippen LogP) is 2.26. The summed E-state index contributed by atoms with van der Waals surface area (Å²) in [6.45, 7) is 0.417. The van der Waals surface area contributed by atoms with Gasteiger partial charge in [0.15, 0.2) is 0 Å². The first-order valence-electron chi connectivity index (χ1n) is 9.95. The number of carbonyl (C=O) groups is 3. The van der Waals surface area contributed by atoms with Gasteiger partial charge < -0.3 is 10.4 Å². The highest BCUT2D eigenvalue weighted by Gasteiger charge is 2.20. The van der Waals surface area contributed by atoms with Crippen LogP contribution in [0, 0.1) is 0 Å². The molecule has 9 nitrogen and oxygen atoms in total. The van der Waals surface area contributed by atoms with Gasteiger partial charge in [-0.05, 0) is 48.7 Å².